The second kappa shape index (κ2) is 3.24. The maximum Gasteiger partial charge on any atom is 0.154 e. The third kappa shape index (κ3) is 2.39. The minimum atomic E-state index is -1.28. The SMILES string of the molecule is C=C/C=C(/O)C(C)F. The summed E-state index contributed by atoms with van der Waals surface area (Å²) in [7, 11) is 0. The molecule has 0 bridgehead atoms. The molecular formula is C6H9FO. The summed E-state index contributed by atoms with van der Waals surface area (Å²) in [6.07, 6.45) is 1.28. The Bertz CT molecular complexity index is 105. The van der Waals surface area contributed by atoms with Crippen LogP contribution in [-0.2, 0) is 0 Å². The number of hydrogen-bond acceptors (Lipinski definition) is 1. The van der Waals surface area contributed by atoms with Gasteiger partial charge in [-0.25, -0.2) is 4.39 Å². The monoisotopic (exact) mass is 116 g/mol. The number of aliphatic hydroxyl groups excluding tert-OH is 1. The molecule has 0 saturated carbocycles. The second-order valence-electron chi connectivity index (χ2n) is 1.44. The maximum atomic E-state index is 11.9. The lowest BCUT2D eigenvalue weighted by Crippen LogP contribution is -1.95. The Kier molecular flexibility index (Phi) is 2.92. The van der Waals surface area contributed by atoms with Gasteiger partial charge in [0.25, 0.3) is 0 Å². The van der Waals surface area contributed by atoms with E-state index in [9.17, 15) is 4.39 Å². The molecule has 0 aromatic heterocycles. The van der Waals surface area contributed by atoms with Crippen LogP contribution in [0.4, 0.5) is 4.39 Å². The molecule has 0 spiro atoms. The van der Waals surface area contributed by atoms with Gasteiger partial charge in [0.05, 0.1) is 0 Å². The number of allylic oxidation sites excluding steroid dienone is 3. The normalized spacial score (nSPS) is 15.5. The van der Waals surface area contributed by atoms with Gasteiger partial charge in [0.1, 0.15) is 5.76 Å². The zero-order chi connectivity index (χ0) is 6.57. The minimum Gasteiger partial charge on any atom is -0.509 e. The van der Waals surface area contributed by atoms with E-state index in [-0.39, 0.29) is 5.76 Å². The highest BCUT2D eigenvalue weighted by atomic mass is 19.1. The second-order valence-corrected chi connectivity index (χ2v) is 1.44. The van der Waals surface area contributed by atoms with Gasteiger partial charge in [-0.3, -0.25) is 0 Å². The minimum absolute atomic E-state index is 0.278. The van der Waals surface area contributed by atoms with Crippen molar-refractivity contribution in [2.24, 2.45) is 0 Å². The fourth-order valence-electron chi connectivity index (χ4n) is 0.253. The summed E-state index contributed by atoms with van der Waals surface area (Å²) in [5.41, 5.74) is 0. The lowest BCUT2D eigenvalue weighted by atomic mass is 10.3. The summed E-state index contributed by atoms with van der Waals surface area (Å²) in [6.45, 7) is 4.54. The Hall–Kier alpha value is -0.790. The fraction of sp³-hybridized carbons (Fsp3) is 0.333. The molecule has 2 heteroatoms. The van der Waals surface area contributed by atoms with Crippen molar-refractivity contribution in [3.8, 4) is 0 Å². The van der Waals surface area contributed by atoms with Crippen molar-refractivity contribution >= 4 is 0 Å². The highest BCUT2D eigenvalue weighted by Crippen LogP contribution is 2.00. The third-order valence-corrected chi connectivity index (χ3v) is 0.696. The molecule has 0 amide bonds. The summed E-state index contributed by atoms with van der Waals surface area (Å²) in [6, 6.07) is 0. The molecule has 0 aromatic rings. The first kappa shape index (κ1) is 7.21. The van der Waals surface area contributed by atoms with Crippen LogP contribution in [0.3, 0.4) is 0 Å². The van der Waals surface area contributed by atoms with E-state index in [0.717, 1.165) is 0 Å². The highest BCUT2D eigenvalue weighted by molar-refractivity contribution is 5.05. The molecule has 0 heterocycles. The van der Waals surface area contributed by atoms with E-state index in [1.165, 1.54) is 19.1 Å². The van der Waals surface area contributed by atoms with Crippen LogP contribution in [0.1, 0.15) is 6.92 Å². The van der Waals surface area contributed by atoms with E-state index < -0.39 is 6.17 Å². The average molecular weight is 116 g/mol. The van der Waals surface area contributed by atoms with Gasteiger partial charge in [0, 0.05) is 0 Å². The van der Waals surface area contributed by atoms with Crippen LogP contribution in [0.25, 0.3) is 0 Å². The van der Waals surface area contributed by atoms with Crippen LogP contribution in [0, 0.1) is 0 Å². The average Bonchev–Trinajstić information content (AvgIpc) is 1.67. The topological polar surface area (TPSA) is 20.2 Å². The molecule has 0 aliphatic carbocycles. The first-order valence-corrected chi connectivity index (χ1v) is 2.34. The van der Waals surface area contributed by atoms with Crippen LogP contribution < -0.4 is 0 Å². The van der Waals surface area contributed by atoms with E-state index >= 15 is 0 Å². The van der Waals surface area contributed by atoms with Crippen molar-refractivity contribution in [2.45, 2.75) is 13.1 Å². The largest absolute Gasteiger partial charge is 0.509 e. The van der Waals surface area contributed by atoms with Crippen LogP contribution >= 0.6 is 0 Å². The van der Waals surface area contributed by atoms with Gasteiger partial charge in [0.15, 0.2) is 6.17 Å². The molecule has 0 radical (unpaired) electrons. The molecule has 0 fully saturated rings. The number of aliphatic hydroxyl groups is 1. The van der Waals surface area contributed by atoms with Crippen molar-refractivity contribution in [1.82, 2.24) is 0 Å². The molecule has 1 atom stereocenters. The van der Waals surface area contributed by atoms with Gasteiger partial charge < -0.3 is 5.11 Å². The van der Waals surface area contributed by atoms with Crippen LogP contribution in [0.2, 0.25) is 0 Å². The van der Waals surface area contributed by atoms with Crippen molar-refractivity contribution in [1.29, 1.82) is 0 Å². The van der Waals surface area contributed by atoms with Crippen molar-refractivity contribution in [3.63, 3.8) is 0 Å². The van der Waals surface area contributed by atoms with Crippen molar-refractivity contribution < 1.29 is 9.50 Å². The molecule has 8 heavy (non-hydrogen) atoms. The van der Waals surface area contributed by atoms with E-state index in [1.54, 1.807) is 0 Å². The van der Waals surface area contributed by atoms with Crippen molar-refractivity contribution in [3.05, 3.63) is 24.5 Å². The Morgan fingerprint density at radius 2 is 2.38 bits per heavy atom. The molecule has 0 aliphatic heterocycles. The summed E-state index contributed by atoms with van der Waals surface area (Å²) in [4.78, 5) is 0. The van der Waals surface area contributed by atoms with E-state index in [1.807, 2.05) is 0 Å². The molecule has 0 aromatic carbocycles. The lowest BCUT2D eigenvalue weighted by Gasteiger charge is -1.95. The van der Waals surface area contributed by atoms with Crippen LogP contribution in [0.15, 0.2) is 24.5 Å². The smallest absolute Gasteiger partial charge is 0.154 e. The van der Waals surface area contributed by atoms with Crippen molar-refractivity contribution in [2.75, 3.05) is 0 Å². The van der Waals surface area contributed by atoms with E-state index in [4.69, 9.17) is 5.11 Å². The zero-order valence-corrected chi connectivity index (χ0v) is 4.76. The molecule has 1 unspecified atom stereocenters. The van der Waals surface area contributed by atoms with Gasteiger partial charge in [-0.15, -0.1) is 0 Å². The number of alkyl halides is 1. The Balaban J connectivity index is 3.78. The van der Waals surface area contributed by atoms with Gasteiger partial charge in [-0.1, -0.05) is 12.7 Å². The Morgan fingerprint density at radius 3 is 2.50 bits per heavy atom. The Labute approximate surface area is 48.1 Å². The first-order valence-electron chi connectivity index (χ1n) is 2.34. The Morgan fingerprint density at radius 1 is 1.88 bits per heavy atom. The standard InChI is InChI=1S/C6H9FO/c1-3-4-6(8)5(2)7/h3-5,8H,1H2,2H3/b6-4+. The molecule has 0 rings (SSSR count). The highest BCUT2D eigenvalue weighted by Gasteiger charge is 1.99. The zero-order valence-electron chi connectivity index (χ0n) is 4.76. The predicted octanol–water partition coefficient (Wildman–Crippen LogP) is 1.97. The summed E-state index contributed by atoms with van der Waals surface area (Å²) in [5.74, 6) is -0.278. The van der Waals surface area contributed by atoms with E-state index in [2.05, 4.69) is 6.58 Å². The lowest BCUT2D eigenvalue weighted by molar-refractivity contribution is 0.276. The molecular weight excluding hydrogens is 107 g/mol. The number of rotatable bonds is 2. The molecule has 0 saturated heterocycles. The number of halogens is 1. The van der Waals surface area contributed by atoms with Gasteiger partial charge >= 0.3 is 0 Å². The maximum absolute atomic E-state index is 11.9. The first-order chi connectivity index (χ1) is 3.68. The van der Waals surface area contributed by atoms with E-state index in [0.29, 0.717) is 0 Å². The fourth-order valence-corrected chi connectivity index (χ4v) is 0.253. The van der Waals surface area contributed by atoms with Gasteiger partial charge in [-0.2, -0.15) is 0 Å². The molecule has 46 valence electrons. The van der Waals surface area contributed by atoms with Crippen LogP contribution in [-0.4, -0.2) is 11.3 Å². The molecule has 1 nitrogen and oxygen atoms in total. The van der Waals surface area contributed by atoms with Gasteiger partial charge in [-0.05, 0) is 13.0 Å². The molecule has 1 N–H and O–H groups in total. The third-order valence-electron chi connectivity index (χ3n) is 0.696. The van der Waals surface area contributed by atoms with Gasteiger partial charge in [0.2, 0.25) is 0 Å². The summed E-state index contributed by atoms with van der Waals surface area (Å²) < 4.78 is 11.9. The molecule has 0 aliphatic rings. The quantitative estimate of drug-likeness (QED) is 0.432. The number of hydrogen-bond donors (Lipinski definition) is 1. The van der Waals surface area contributed by atoms with Crippen LogP contribution in [0.5, 0.6) is 0 Å². The summed E-state index contributed by atoms with van der Waals surface area (Å²) in [5, 5.41) is 8.54. The summed E-state index contributed by atoms with van der Waals surface area (Å²) >= 11 is 0. The predicted molar refractivity (Wildman–Crippen MR) is 31.5 cm³/mol.